The number of nitrogens with one attached hydrogen (secondary N) is 1. The molecule has 2 N–H and O–H groups in total. The molecular weight excluding hydrogens is 750 g/mol. The van der Waals surface area contributed by atoms with Gasteiger partial charge in [0.1, 0.15) is 17.0 Å². The van der Waals surface area contributed by atoms with Crippen LogP contribution in [0.1, 0.15) is 120 Å². The summed E-state index contributed by atoms with van der Waals surface area (Å²) in [5.41, 5.74) is -1.51. The highest BCUT2D eigenvalue weighted by molar-refractivity contribution is 6.00. The monoisotopic (exact) mass is 802 g/mol. The van der Waals surface area contributed by atoms with Gasteiger partial charge < -0.3 is 19.7 Å². The number of aromatic nitrogens is 2. The Kier molecular flexibility index (Phi) is 10.2. The minimum Gasteiger partial charge on any atom is -0.490 e. The highest BCUT2D eigenvalue weighted by Gasteiger charge is 2.57. The lowest BCUT2D eigenvalue weighted by atomic mass is 9.56. The van der Waals surface area contributed by atoms with Gasteiger partial charge in [-0.05, 0) is 112 Å². The zero-order valence-corrected chi connectivity index (χ0v) is 32.7. The molecule has 1 amide bonds. The van der Waals surface area contributed by atoms with Crippen LogP contribution in [0.15, 0.2) is 36.5 Å². The van der Waals surface area contributed by atoms with Crippen molar-refractivity contribution < 1.29 is 45.8 Å². The normalized spacial score (nSPS) is 31.7. The van der Waals surface area contributed by atoms with Crippen molar-refractivity contribution in [3.63, 3.8) is 0 Å². The first kappa shape index (κ1) is 40.0. The number of aliphatic carboxylic acids is 1. The molecule has 5 atom stereocenters. The molecule has 5 unspecified atom stereocenters. The van der Waals surface area contributed by atoms with Gasteiger partial charge in [-0.25, -0.2) is 27.3 Å². The number of fused-ring (bicyclic) bond motifs is 3. The first-order valence-corrected chi connectivity index (χ1v) is 20.6. The minimum atomic E-state index is -3.58. The van der Waals surface area contributed by atoms with Crippen LogP contribution in [0.2, 0.25) is 0 Å². The van der Waals surface area contributed by atoms with E-state index in [1.54, 1.807) is 18.3 Å². The quantitative estimate of drug-likeness (QED) is 0.209. The van der Waals surface area contributed by atoms with E-state index in [0.29, 0.717) is 67.2 Å². The Labute approximate surface area is 328 Å². The van der Waals surface area contributed by atoms with E-state index < -0.39 is 52.4 Å². The average molecular weight is 803 g/mol. The Hall–Kier alpha value is -3.81. The fourth-order valence-electron chi connectivity index (χ4n) is 11.1. The molecule has 0 radical (unpaired) electrons. The molecule has 8 nitrogen and oxygen atoms in total. The predicted octanol–water partition coefficient (Wildman–Crippen LogP) is 9.85. The number of hydrogen-bond donors (Lipinski definition) is 2. The van der Waals surface area contributed by atoms with Gasteiger partial charge in [-0.2, -0.15) is 8.78 Å². The Morgan fingerprint density at radius 3 is 2.25 bits per heavy atom. The van der Waals surface area contributed by atoms with E-state index in [-0.39, 0.29) is 74.5 Å². The van der Waals surface area contributed by atoms with Crippen LogP contribution in [0.3, 0.4) is 0 Å². The fraction of sp³-hybridized carbons (Fsp3) is 0.651. The number of carbonyl (C=O) groups excluding carboxylic acids is 1. The summed E-state index contributed by atoms with van der Waals surface area (Å²) >= 11 is 0. The van der Waals surface area contributed by atoms with Gasteiger partial charge in [0.2, 0.25) is 5.92 Å². The molecule has 5 aliphatic rings. The number of rotatable bonds is 9. The minimum absolute atomic E-state index is 0.0964. The molecule has 57 heavy (non-hydrogen) atoms. The van der Waals surface area contributed by atoms with E-state index in [1.165, 1.54) is 12.1 Å². The number of halogens is 6. The van der Waals surface area contributed by atoms with Gasteiger partial charge in [-0.3, -0.25) is 9.69 Å². The third-order valence-corrected chi connectivity index (χ3v) is 13.9. The molecule has 5 fully saturated rings. The lowest BCUT2D eigenvalue weighted by Gasteiger charge is -2.52. The lowest BCUT2D eigenvalue weighted by Crippen LogP contribution is -2.66. The topological polar surface area (TPSA) is 96.7 Å². The zero-order chi connectivity index (χ0) is 40.7. The van der Waals surface area contributed by atoms with Crippen LogP contribution in [-0.2, 0) is 10.7 Å². The third kappa shape index (κ3) is 7.64. The van der Waals surface area contributed by atoms with Crippen molar-refractivity contribution >= 4 is 22.8 Å². The molecular formula is C43H52F6N4O4. The molecule has 1 saturated heterocycles. The molecule has 14 heteroatoms. The van der Waals surface area contributed by atoms with E-state index in [1.807, 2.05) is 22.5 Å². The number of hydrogen-bond acceptors (Lipinski definition) is 5. The van der Waals surface area contributed by atoms with Gasteiger partial charge in [0.05, 0.1) is 36.0 Å². The second-order valence-electron chi connectivity index (χ2n) is 18.1. The maximum absolute atomic E-state index is 15.5. The van der Waals surface area contributed by atoms with Crippen molar-refractivity contribution in [3.05, 3.63) is 47.8 Å². The number of amides is 1. The first-order valence-electron chi connectivity index (χ1n) is 20.6. The summed E-state index contributed by atoms with van der Waals surface area (Å²) in [6.07, 6.45) is 7.17. The number of benzene rings is 1. The maximum atomic E-state index is 15.5. The molecule has 1 aliphatic heterocycles. The number of ether oxygens (including phenoxy) is 1. The van der Waals surface area contributed by atoms with Crippen molar-refractivity contribution in [2.24, 2.45) is 23.7 Å². The Bertz CT molecular complexity index is 2000. The molecule has 4 aliphatic carbocycles. The summed E-state index contributed by atoms with van der Waals surface area (Å²) in [6.45, 7) is 4.12. The van der Waals surface area contributed by atoms with Crippen molar-refractivity contribution in [1.29, 1.82) is 0 Å². The molecule has 310 valence electrons. The summed E-state index contributed by atoms with van der Waals surface area (Å²) < 4.78 is 94.9. The summed E-state index contributed by atoms with van der Waals surface area (Å²) in [5.74, 6) is -10.6. The van der Waals surface area contributed by atoms with Crippen LogP contribution in [0.4, 0.5) is 26.3 Å². The van der Waals surface area contributed by atoms with Gasteiger partial charge in [0, 0.05) is 55.1 Å². The number of likely N-dealkylation sites (tertiary alicyclic amines) is 1. The van der Waals surface area contributed by atoms with Crippen molar-refractivity contribution in [2.75, 3.05) is 13.1 Å². The molecule has 1 aromatic carbocycles. The molecule has 3 heterocycles. The Morgan fingerprint density at radius 1 is 0.895 bits per heavy atom. The fourth-order valence-corrected chi connectivity index (χ4v) is 11.1. The second kappa shape index (κ2) is 14.5. The standard InChI is InChI=1S/C43H52F6N4O4/c1-24-16-26-18-25(2)43(39(55)56,27(17-24)19-26)51-38(54)33-10-11-35(50-37(33)40(3,44)45)34-21-53(29-12-14-41(46,47)15-13-29)36-20-31(8-9-32(34)36)57-30-6-4-28(5-7-30)52-22-42(48,49)23-52/h8-11,20-21,24-30H,4-7,12-19,22-23H2,1-3H3,(H,51,54)(H,55,56). The number of pyridine rings is 1. The molecule has 8 rings (SSSR count). The van der Waals surface area contributed by atoms with Crippen molar-refractivity contribution in [1.82, 2.24) is 19.8 Å². The van der Waals surface area contributed by atoms with E-state index in [9.17, 15) is 32.3 Å². The summed E-state index contributed by atoms with van der Waals surface area (Å²) in [4.78, 5) is 33.3. The number of carbonyl (C=O) groups is 2. The lowest BCUT2D eigenvalue weighted by molar-refractivity contribution is -0.155. The van der Waals surface area contributed by atoms with Crippen LogP contribution >= 0.6 is 0 Å². The number of alkyl halides is 6. The summed E-state index contributed by atoms with van der Waals surface area (Å²) in [5, 5.41) is 14.0. The van der Waals surface area contributed by atoms with Crippen LogP contribution in [0.5, 0.6) is 5.75 Å². The highest BCUT2D eigenvalue weighted by Crippen LogP contribution is 2.51. The summed E-state index contributed by atoms with van der Waals surface area (Å²) in [7, 11) is 0. The van der Waals surface area contributed by atoms with Crippen LogP contribution in [0, 0.1) is 23.7 Å². The van der Waals surface area contributed by atoms with Gasteiger partial charge in [-0.15, -0.1) is 0 Å². The molecule has 2 aromatic heterocycles. The number of nitrogens with zero attached hydrogens (tertiary/aromatic N) is 3. The van der Waals surface area contributed by atoms with E-state index in [2.05, 4.69) is 17.2 Å². The molecule has 0 spiro atoms. The van der Waals surface area contributed by atoms with Gasteiger partial charge in [-0.1, -0.05) is 13.8 Å². The molecule has 2 bridgehead atoms. The molecule has 4 saturated carbocycles. The predicted molar refractivity (Wildman–Crippen MR) is 202 cm³/mol. The van der Waals surface area contributed by atoms with Crippen LogP contribution in [0.25, 0.3) is 22.2 Å². The van der Waals surface area contributed by atoms with Crippen molar-refractivity contribution in [3.8, 4) is 17.0 Å². The average Bonchev–Trinajstić information content (AvgIpc) is 3.50. The Morgan fingerprint density at radius 2 is 1.60 bits per heavy atom. The highest BCUT2D eigenvalue weighted by atomic mass is 19.3. The SMILES string of the molecule is CC1CC2CC(C)C(NC(=O)c3ccc(-c4cn(C5CCC(F)(F)CC5)c5cc(OC6CCC(N7CC(F)(F)C7)CC6)ccc45)nc3C(C)(F)F)(C(=O)O)C(C1)C2. The Balaban J connectivity index is 1.10. The summed E-state index contributed by atoms with van der Waals surface area (Å²) in [6, 6.07) is 7.96. The van der Waals surface area contributed by atoms with E-state index in [4.69, 9.17) is 4.74 Å². The second-order valence-corrected chi connectivity index (χ2v) is 18.1. The van der Waals surface area contributed by atoms with Gasteiger partial charge >= 0.3 is 5.97 Å². The largest absolute Gasteiger partial charge is 0.490 e. The number of carboxylic acid groups (broad SMARTS) is 1. The van der Waals surface area contributed by atoms with Crippen LogP contribution in [-0.4, -0.2) is 74.1 Å². The van der Waals surface area contributed by atoms with Crippen molar-refractivity contribution in [2.45, 2.75) is 139 Å². The zero-order valence-electron chi connectivity index (χ0n) is 32.7. The van der Waals surface area contributed by atoms with Crippen LogP contribution < -0.4 is 10.1 Å². The molecule has 3 aromatic rings. The van der Waals surface area contributed by atoms with Gasteiger partial charge in [0.15, 0.2) is 0 Å². The first-order chi connectivity index (χ1) is 26.8. The van der Waals surface area contributed by atoms with E-state index >= 15 is 8.78 Å². The van der Waals surface area contributed by atoms with E-state index in [0.717, 1.165) is 19.3 Å². The smallest absolute Gasteiger partial charge is 0.329 e. The van der Waals surface area contributed by atoms with Gasteiger partial charge in [0.25, 0.3) is 17.8 Å². The number of carboxylic acids is 1. The maximum Gasteiger partial charge on any atom is 0.329 e. The third-order valence-electron chi connectivity index (χ3n) is 13.9.